The minimum Gasteiger partial charge on any atom is -0.388 e. The van der Waals surface area contributed by atoms with Gasteiger partial charge in [0.05, 0.1) is 12.2 Å². The number of hydrogen-bond acceptors (Lipinski definition) is 3. The van der Waals surface area contributed by atoms with Crippen molar-refractivity contribution in [3.8, 4) is 0 Å². The Bertz CT molecular complexity index is 111. The maximum Gasteiger partial charge on any atom is 0.110 e. The molecule has 1 rings (SSSR count). The van der Waals surface area contributed by atoms with Crippen LogP contribution in [0.1, 0.15) is 13.8 Å². The zero-order valence-corrected chi connectivity index (χ0v) is 5.66. The maximum atomic E-state index is 9.15. The molecule has 3 heteroatoms. The van der Waals surface area contributed by atoms with Crippen molar-refractivity contribution in [2.45, 2.75) is 31.7 Å². The highest BCUT2D eigenvalue weighted by molar-refractivity contribution is 4.90. The van der Waals surface area contributed by atoms with E-state index in [1.165, 1.54) is 0 Å². The van der Waals surface area contributed by atoms with Crippen molar-refractivity contribution < 1.29 is 14.9 Å². The second kappa shape index (κ2) is 1.94. The van der Waals surface area contributed by atoms with Crippen LogP contribution in [0.4, 0.5) is 0 Å². The molecule has 1 fully saturated rings. The predicted molar refractivity (Wildman–Crippen MR) is 32.0 cm³/mol. The number of aliphatic hydroxyl groups excluding tert-OH is 2. The third-order valence-corrected chi connectivity index (χ3v) is 1.70. The van der Waals surface area contributed by atoms with E-state index in [1.807, 2.05) is 0 Å². The SMILES string of the molecule is CC1(C)OC[C@@H](O)[C@@H]1O. The van der Waals surface area contributed by atoms with Crippen LogP contribution in [-0.4, -0.2) is 34.6 Å². The molecule has 1 saturated heterocycles. The van der Waals surface area contributed by atoms with E-state index in [-0.39, 0.29) is 6.61 Å². The molecule has 0 aliphatic carbocycles. The number of ether oxygens (including phenoxy) is 1. The quantitative estimate of drug-likeness (QED) is 0.468. The number of rotatable bonds is 0. The molecule has 0 saturated carbocycles. The Morgan fingerprint density at radius 3 is 2.11 bits per heavy atom. The van der Waals surface area contributed by atoms with Gasteiger partial charge in [0.2, 0.25) is 0 Å². The van der Waals surface area contributed by atoms with Gasteiger partial charge in [-0.1, -0.05) is 0 Å². The summed E-state index contributed by atoms with van der Waals surface area (Å²) in [6, 6.07) is 0. The van der Waals surface area contributed by atoms with Gasteiger partial charge in [-0.05, 0) is 13.8 Å². The maximum absolute atomic E-state index is 9.15. The minimum atomic E-state index is -0.738. The normalized spacial score (nSPS) is 41.3. The van der Waals surface area contributed by atoms with Crippen LogP contribution in [-0.2, 0) is 4.74 Å². The first-order valence-corrected chi connectivity index (χ1v) is 3.04. The summed E-state index contributed by atoms with van der Waals surface area (Å²) in [5.74, 6) is 0. The molecule has 0 aromatic heterocycles. The number of hydrogen-bond donors (Lipinski definition) is 2. The summed E-state index contributed by atoms with van der Waals surface area (Å²) in [5.41, 5.74) is -0.570. The third-order valence-electron chi connectivity index (χ3n) is 1.70. The summed E-state index contributed by atoms with van der Waals surface area (Å²) in [5, 5.41) is 18.1. The van der Waals surface area contributed by atoms with E-state index >= 15 is 0 Å². The molecule has 3 nitrogen and oxygen atoms in total. The lowest BCUT2D eigenvalue weighted by Crippen LogP contribution is -2.37. The molecule has 9 heavy (non-hydrogen) atoms. The van der Waals surface area contributed by atoms with Crippen LogP contribution in [0.25, 0.3) is 0 Å². The molecule has 1 aliphatic rings. The molecule has 0 amide bonds. The standard InChI is InChI=1S/C6H12O3/c1-6(2)5(8)4(7)3-9-6/h4-5,7-8H,3H2,1-2H3/t4-,5+/m1/s1. The van der Waals surface area contributed by atoms with E-state index < -0.39 is 17.8 Å². The van der Waals surface area contributed by atoms with Crippen LogP contribution in [0.2, 0.25) is 0 Å². The lowest BCUT2D eigenvalue weighted by Gasteiger charge is -2.21. The lowest BCUT2D eigenvalue weighted by molar-refractivity contribution is -0.0367. The molecule has 2 N–H and O–H groups in total. The Hall–Kier alpha value is -0.120. The molecule has 1 heterocycles. The van der Waals surface area contributed by atoms with Crippen LogP contribution in [0, 0.1) is 0 Å². The number of aliphatic hydroxyl groups is 2. The topological polar surface area (TPSA) is 49.7 Å². The Morgan fingerprint density at radius 1 is 1.44 bits per heavy atom. The van der Waals surface area contributed by atoms with Crippen molar-refractivity contribution in [1.82, 2.24) is 0 Å². The summed E-state index contributed by atoms with van der Waals surface area (Å²) in [6.45, 7) is 3.76. The van der Waals surface area contributed by atoms with Crippen LogP contribution >= 0.6 is 0 Å². The predicted octanol–water partition coefficient (Wildman–Crippen LogP) is -0.483. The monoisotopic (exact) mass is 132 g/mol. The largest absolute Gasteiger partial charge is 0.388 e. The first-order chi connectivity index (χ1) is 4.04. The molecule has 0 unspecified atom stereocenters. The minimum absolute atomic E-state index is 0.244. The van der Waals surface area contributed by atoms with E-state index in [0.29, 0.717) is 0 Å². The fraction of sp³-hybridized carbons (Fsp3) is 1.00. The highest BCUT2D eigenvalue weighted by atomic mass is 16.5. The Kier molecular flexibility index (Phi) is 1.50. The summed E-state index contributed by atoms with van der Waals surface area (Å²) in [6.07, 6.45) is -1.45. The Morgan fingerprint density at radius 2 is 2.00 bits per heavy atom. The smallest absolute Gasteiger partial charge is 0.110 e. The molecule has 0 spiro atoms. The average Bonchev–Trinajstić information content (AvgIpc) is 1.97. The molecular weight excluding hydrogens is 120 g/mol. The fourth-order valence-corrected chi connectivity index (χ4v) is 0.940. The van der Waals surface area contributed by atoms with Gasteiger partial charge < -0.3 is 14.9 Å². The summed E-state index contributed by atoms with van der Waals surface area (Å²) >= 11 is 0. The summed E-state index contributed by atoms with van der Waals surface area (Å²) in [4.78, 5) is 0. The van der Waals surface area contributed by atoms with E-state index in [1.54, 1.807) is 13.8 Å². The van der Waals surface area contributed by atoms with E-state index in [4.69, 9.17) is 14.9 Å². The molecule has 1 aliphatic heterocycles. The van der Waals surface area contributed by atoms with E-state index in [0.717, 1.165) is 0 Å². The van der Waals surface area contributed by atoms with Crippen LogP contribution in [0.15, 0.2) is 0 Å². The van der Waals surface area contributed by atoms with Crippen molar-refractivity contribution in [2.24, 2.45) is 0 Å². The molecular formula is C6H12O3. The van der Waals surface area contributed by atoms with Crippen LogP contribution in [0.5, 0.6) is 0 Å². The second-order valence-electron chi connectivity index (χ2n) is 2.93. The molecule has 54 valence electrons. The molecule has 0 aromatic rings. The first kappa shape index (κ1) is 6.99. The van der Waals surface area contributed by atoms with Gasteiger partial charge in [0.25, 0.3) is 0 Å². The van der Waals surface area contributed by atoms with Gasteiger partial charge >= 0.3 is 0 Å². The first-order valence-electron chi connectivity index (χ1n) is 3.04. The van der Waals surface area contributed by atoms with Gasteiger partial charge in [-0.3, -0.25) is 0 Å². The molecule has 0 radical (unpaired) electrons. The zero-order chi connectivity index (χ0) is 7.07. The second-order valence-corrected chi connectivity index (χ2v) is 2.93. The van der Waals surface area contributed by atoms with Gasteiger partial charge in [-0.25, -0.2) is 0 Å². The van der Waals surface area contributed by atoms with E-state index in [2.05, 4.69) is 0 Å². The Labute approximate surface area is 54.3 Å². The molecule has 0 aromatic carbocycles. The molecule has 2 atom stereocenters. The third kappa shape index (κ3) is 1.08. The van der Waals surface area contributed by atoms with E-state index in [9.17, 15) is 0 Å². The van der Waals surface area contributed by atoms with Crippen LogP contribution in [0.3, 0.4) is 0 Å². The summed E-state index contributed by atoms with van der Waals surface area (Å²) in [7, 11) is 0. The Balaban J connectivity index is 2.62. The highest BCUT2D eigenvalue weighted by Crippen LogP contribution is 2.24. The lowest BCUT2D eigenvalue weighted by atomic mass is 10.0. The summed E-state index contributed by atoms with van der Waals surface area (Å²) < 4.78 is 5.06. The van der Waals surface area contributed by atoms with Gasteiger partial charge in [0.1, 0.15) is 12.2 Å². The van der Waals surface area contributed by atoms with Crippen LogP contribution < -0.4 is 0 Å². The van der Waals surface area contributed by atoms with Crippen molar-refractivity contribution in [2.75, 3.05) is 6.61 Å². The highest BCUT2D eigenvalue weighted by Gasteiger charge is 2.40. The van der Waals surface area contributed by atoms with Gasteiger partial charge in [0, 0.05) is 0 Å². The van der Waals surface area contributed by atoms with Crippen molar-refractivity contribution in [3.63, 3.8) is 0 Å². The molecule has 0 bridgehead atoms. The van der Waals surface area contributed by atoms with Gasteiger partial charge in [-0.2, -0.15) is 0 Å². The fourth-order valence-electron chi connectivity index (χ4n) is 0.940. The average molecular weight is 132 g/mol. The van der Waals surface area contributed by atoms with Crippen molar-refractivity contribution >= 4 is 0 Å². The zero-order valence-electron chi connectivity index (χ0n) is 5.66. The van der Waals surface area contributed by atoms with Crippen molar-refractivity contribution in [1.29, 1.82) is 0 Å². The van der Waals surface area contributed by atoms with Crippen molar-refractivity contribution in [3.05, 3.63) is 0 Å². The van der Waals surface area contributed by atoms with Gasteiger partial charge in [-0.15, -0.1) is 0 Å². The van der Waals surface area contributed by atoms with Gasteiger partial charge in [0.15, 0.2) is 0 Å².